The van der Waals surface area contributed by atoms with Gasteiger partial charge in [-0.15, -0.1) is 29.9 Å². The van der Waals surface area contributed by atoms with E-state index in [2.05, 4.69) is 35.5 Å². The molecule has 1 atom stereocenters. The molecular formula is C14H20S3. The zero-order valence-electron chi connectivity index (χ0n) is 10.8. The van der Waals surface area contributed by atoms with Gasteiger partial charge < -0.3 is 0 Å². The van der Waals surface area contributed by atoms with Gasteiger partial charge in [0.25, 0.3) is 0 Å². The van der Waals surface area contributed by atoms with Crippen molar-refractivity contribution in [3.8, 4) is 11.7 Å². The molecule has 0 spiro atoms. The van der Waals surface area contributed by atoms with Gasteiger partial charge in [-0.1, -0.05) is 11.3 Å². The lowest BCUT2D eigenvalue weighted by molar-refractivity contribution is 0.668. The molecule has 0 bridgehead atoms. The molecule has 2 aliphatic rings. The van der Waals surface area contributed by atoms with Gasteiger partial charge in [-0.3, -0.25) is 0 Å². The highest BCUT2D eigenvalue weighted by Gasteiger charge is 2.39. The molecule has 17 heavy (non-hydrogen) atoms. The molecule has 1 unspecified atom stereocenters. The van der Waals surface area contributed by atoms with Crippen LogP contribution >= 0.6 is 33.6 Å². The van der Waals surface area contributed by atoms with Gasteiger partial charge >= 0.3 is 0 Å². The first-order valence-corrected chi connectivity index (χ1v) is 10.6. The molecule has 2 rings (SSSR count). The highest BCUT2D eigenvalue weighted by atomic mass is 32.3. The molecule has 1 aliphatic heterocycles. The van der Waals surface area contributed by atoms with Crippen LogP contribution in [0.1, 0.15) is 19.3 Å². The van der Waals surface area contributed by atoms with E-state index in [4.69, 9.17) is 6.42 Å². The van der Waals surface area contributed by atoms with E-state index in [1.54, 1.807) is 11.1 Å². The minimum atomic E-state index is -0.977. The van der Waals surface area contributed by atoms with Crippen LogP contribution in [0, 0.1) is 11.7 Å². The van der Waals surface area contributed by atoms with E-state index in [9.17, 15) is 0 Å². The molecular weight excluding hydrogens is 264 g/mol. The smallest absolute Gasteiger partial charge is 0.0828 e. The molecule has 0 fully saturated rings. The number of thioether (sulfide) groups is 2. The normalized spacial score (nSPS) is 34.7. The Labute approximate surface area is 115 Å². The van der Waals surface area contributed by atoms with Crippen LogP contribution in [0.25, 0.3) is 0 Å². The molecule has 0 aromatic rings. The molecule has 3 heteroatoms. The van der Waals surface area contributed by atoms with Gasteiger partial charge in [0.1, 0.15) is 0 Å². The van der Waals surface area contributed by atoms with Crippen molar-refractivity contribution in [3.05, 3.63) is 22.6 Å². The van der Waals surface area contributed by atoms with Gasteiger partial charge in [-0.2, -0.15) is 10.0 Å². The van der Waals surface area contributed by atoms with Gasteiger partial charge in [0.05, 0.1) is 4.08 Å². The Bertz CT molecular complexity index is 410. The zero-order chi connectivity index (χ0) is 12.5. The molecule has 0 saturated carbocycles. The average molecular weight is 285 g/mol. The molecule has 0 aromatic carbocycles. The fourth-order valence-corrected chi connectivity index (χ4v) is 6.84. The number of rotatable bonds is 2. The summed E-state index contributed by atoms with van der Waals surface area (Å²) in [6.07, 6.45) is 18.7. The van der Waals surface area contributed by atoms with E-state index in [1.807, 2.05) is 23.5 Å². The van der Waals surface area contributed by atoms with E-state index < -0.39 is 10.0 Å². The van der Waals surface area contributed by atoms with E-state index in [0.717, 1.165) is 5.75 Å². The summed E-state index contributed by atoms with van der Waals surface area (Å²) in [6, 6.07) is 0. The van der Waals surface area contributed by atoms with E-state index in [0.29, 0.717) is 4.08 Å². The van der Waals surface area contributed by atoms with Crippen LogP contribution in [-0.4, -0.2) is 28.6 Å². The quantitative estimate of drug-likeness (QED) is 0.543. The SMILES string of the molecule is C#CS1(C)C=CC2=C(C1)C(SC)(SC)CCC2. The van der Waals surface area contributed by atoms with Gasteiger partial charge in [0.15, 0.2) is 0 Å². The van der Waals surface area contributed by atoms with Crippen LogP contribution in [0.15, 0.2) is 22.6 Å². The molecule has 94 valence electrons. The van der Waals surface area contributed by atoms with Crippen LogP contribution in [-0.2, 0) is 0 Å². The van der Waals surface area contributed by atoms with Crippen molar-refractivity contribution in [1.29, 1.82) is 0 Å². The molecule has 0 N–H and O–H groups in total. The topological polar surface area (TPSA) is 0 Å². The molecule has 0 saturated heterocycles. The van der Waals surface area contributed by atoms with Gasteiger partial charge in [0, 0.05) is 5.75 Å². The van der Waals surface area contributed by atoms with Crippen molar-refractivity contribution in [3.63, 3.8) is 0 Å². The van der Waals surface area contributed by atoms with Gasteiger partial charge in [-0.05, 0) is 54.6 Å². The first kappa shape index (κ1) is 13.5. The second kappa shape index (κ2) is 4.99. The third-order valence-corrected chi connectivity index (χ3v) is 9.13. The summed E-state index contributed by atoms with van der Waals surface area (Å²) in [6.45, 7) is 0. The molecule has 0 nitrogen and oxygen atoms in total. The maximum Gasteiger partial charge on any atom is 0.0828 e. The number of hydrogen-bond donors (Lipinski definition) is 0. The Morgan fingerprint density at radius 1 is 1.41 bits per heavy atom. The highest BCUT2D eigenvalue weighted by Crippen LogP contribution is 2.58. The van der Waals surface area contributed by atoms with Gasteiger partial charge in [0.2, 0.25) is 0 Å². The lowest BCUT2D eigenvalue weighted by Crippen LogP contribution is -2.31. The molecule has 1 aliphatic carbocycles. The Balaban J connectivity index is 2.43. The number of hydrogen-bond acceptors (Lipinski definition) is 2. The number of allylic oxidation sites excluding steroid dienone is 2. The summed E-state index contributed by atoms with van der Waals surface area (Å²) in [4.78, 5) is 0. The third kappa shape index (κ3) is 2.32. The predicted octanol–water partition coefficient (Wildman–Crippen LogP) is 4.44. The lowest BCUT2D eigenvalue weighted by Gasteiger charge is -2.44. The van der Waals surface area contributed by atoms with Crippen molar-refractivity contribution in [2.24, 2.45) is 0 Å². The largest absolute Gasteiger partial charge is 0.156 e. The second-order valence-electron chi connectivity index (χ2n) is 4.74. The van der Waals surface area contributed by atoms with Crippen molar-refractivity contribution in [1.82, 2.24) is 0 Å². The van der Waals surface area contributed by atoms with E-state index >= 15 is 0 Å². The van der Waals surface area contributed by atoms with E-state index in [-0.39, 0.29) is 0 Å². The Kier molecular flexibility index (Phi) is 3.97. The first-order chi connectivity index (χ1) is 8.09. The predicted molar refractivity (Wildman–Crippen MR) is 87.0 cm³/mol. The molecule has 0 aromatic heterocycles. The minimum absolute atomic E-state index is 0.295. The summed E-state index contributed by atoms with van der Waals surface area (Å²) in [5.74, 6) is 1.12. The monoisotopic (exact) mass is 284 g/mol. The fraction of sp³-hybridized carbons (Fsp3) is 0.571. The summed E-state index contributed by atoms with van der Waals surface area (Å²) in [5, 5.41) is 5.35. The van der Waals surface area contributed by atoms with Crippen LogP contribution in [0.3, 0.4) is 0 Å². The second-order valence-corrected chi connectivity index (χ2v) is 10.3. The summed E-state index contributed by atoms with van der Waals surface area (Å²) >= 11 is 4.01. The Morgan fingerprint density at radius 2 is 2.12 bits per heavy atom. The summed E-state index contributed by atoms with van der Waals surface area (Å²) in [5.41, 5.74) is 3.21. The maximum absolute atomic E-state index is 5.73. The standard InChI is InChI=1S/C14H20S3/c1-5-17(4)10-8-12-7-6-9-14(15-2,16-3)13(12)11-17/h1,8,10H,6-7,9,11H2,2-4H3. The van der Waals surface area contributed by atoms with Crippen LogP contribution in [0.5, 0.6) is 0 Å². The van der Waals surface area contributed by atoms with Crippen molar-refractivity contribution >= 4 is 33.6 Å². The molecule has 1 heterocycles. The van der Waals surface area contributed by atoms with Crippen molar-refractivity contribution in [2.45, 2.75) is 23.3 Å². The van der Waals surface area contributed by atoms with Crippen LogP contribution in [0.2, 0.25) is 0 Å². The maximum atomic E-state index is 5.73. The van der Waals surface area contributed by atoms with Crippen LogP contribution in [0.4, 0.5) is 0 Å². The highest BCUT2D eigenvalue weighted by molar-refractivity contribution is 8.39. The van der Waals surface area contributed by atoms with E-state index in [1.165, 1.54) is 19.3 Å². The van der Waals surface area contributed by atoms with Gasteiger partial charge in [-0.25, -0.2) is 0 Å². The summed E-state index contributed by atoms with van der Waals surface area (Å²) in [7, 11) is -0.977. The first-order valence-electron chi connectivity index (χ1n) is 5.83. The average Bonchev–Trinajstić information content (AvgIpc) is 2.38. The molecule has 0 amide bonds. The summed E-state index contributed by atoms with van der Waals surface area (Å²) < 4.78 is 0.295. The zero-order valence-corrected chi connectivity index (χ0v) is 13.2. The lowest BCUT2D eigenvalue weighted by atomic mass is 9.91. The van der Waals surface area contributed by atoms with Crippen molar-refractivity contribution in [2.75, 3.05) is 24.5 Å². The Hall–Kier alpha value is 0.0900. The minimum Gasteiger partial charge on any atom is -0.156 e. The van der Waals surface area contributed by atoms with Crippen LogP contribution < -0.4 is 0 Å². The molecule has 0 radical (unpaired) electrons. The Morgan fingerprint density at radius 3 is 2.71 bits per heavy atom. The van der Waals surface area contributed by atoms with Crippen molar-refractivity contribution < 1.29 is 0 Å². The third-order valence-electron chi connectivity index (χ3n) is 3.74. The number of terminal acetylenes is 1. The fourth-order valence-electron chi connectivity index (χ4n) is 2.64.